The number of nitrogens with zero attached hydrogens (tertiary/aromatic N) is 1. The number of sulfonamides is 1. The van der Waals surface area contributed by atoms with Crippen LogP contribution in [0.3, 0.4) is 0 Å². The van der Waals surface area contributed by atoms with E-state index in [1.807, 2.05) is 67.6 Å². The van der Waals surface area contributed by atoms with Crippen molar-refractivity contribution in [2.24, 2.45) is 0 Å². The largest absolute Gasteiger partial charge is 0.236 e. The second-order valence-electron chi connectivity index (χ2n) is 4.86. The van der Waals surface area contributed by atoms with E-state index < -0.39 is 10.0 Å². The fourth-order valence-electron chi connectivity index (χ4n) is 1.99. The molecule has 0 bridgehead atoms. The van der Waals surface area contributed by atoms with Crippen molar-refractivity contribution in [3.63, 3.8) is 0 Å². The molecule has 21 heavy (non-hydrogen) atoms. The van der Waals surface area contributed by atoms with Crippen molar-refractivity contribution in [2.75, 3.05) is 7.05 Å². The van der Waals surface area contributed by atoms with E-state index in [9.17, 15) is 8.42 Å². The topological polar surface area (TPSA) is 37.4 Å². The third-order valence-corrected chi connectivity index (χ3v) is 5.06. The molecule has 0 radical (unpaired) electrons. The van der Waals surface area contributed by atoms with Crippen LogP contribution in [-0.4, -0.2) is 19.8 Å². The van der Waals surface area contributed by atoms with Crippen LogP contribution in [0.25, 0.3) is 6.08 Å². The second-order valence-corrected chi connectivity index (χ2v) is 6.74. The van der Waals surface area contributed by atoms with Gasteiger partial charge in [0.2, 0.25) is 10.0 Å². The predicted octanol–water partition coefficient (Wildman–Crippen LogP) is 3.68. The van der Waals surface area contributed by atoms with Gasteiger partial charge in [0.25, 0.3) is 0 Å². The Balaban J connectivity index is 2.17. The highest BCUT2D eigenvalue weighted by Gasteiger charge is 2.21. The van der Waals surface area contributed by atoms with Gasteiger partial charge in [-0.25, -0.2) is 8.42 Å². The molecule has 0 fully saturated rings. The van der Waals surface area contributed by atoms with Crippen molar-refractivity contribution in [1.82, 2.24) is 4.31 Å². The molecule has 1 unspecified atom stereocenters. The van der Waals surface area contributed by atoms with Crippen LogP contribution in [0.5, 0.6) is 0 Å². The summed E-state index contributed by atoms with van der Waals surface area (Å²) in [5.74, 6) is 0. The first-order valence-electron chi connectivity index (χ1n) is 6.77. The molecule has 0 aromatic heterocycles. The van der Waals surface area contributed by atoms with E-state index in [4.69, 9.17) is 0 Å². The van der Waals surface area contributed by atoms with Gasteiger partial charge in [0.05, 0.1) is 0 Å². The minimum Gasteiger partial charge on any atom is -0.207 e. The van der Waals surface area contributed by atoms with E-state index in [0.717, 1.165) is 11.1 Å². The summed E-state index contributed by atoms with van der Waals surface area (Å²) in [6.07, 6.45) is 1.61. The van der Waals surface area contributed by atoms with Crippen molar-refractivity contribution in [3.8, 4) is 0 Å². The molecule has 2 rings (SSSR count). The van der Waals surface area contributed by atoms with Crippen LogP contribution in [0.4, 0.5) is 0 Å². The molecular weight excluding hydrogens is 282 g/mol. The molecule has 0 aliphatic carbocycles. The number of rotatable bonds is 5. The lowest BCUT2D eigenvalue weighted by Crippen LogP contribution is -2.27. The molecule has 0 saturated carbocycles. The Bertz CT molecular complexity index is 694. The van der Waals surface area contributed by atoms with Crippen LogP contribution in [0, 0.1) is 0 Å². The van der Waals surface area contributed by atoms with Crippen molar-refractivity contribution in [1.29, 1.82) is 0 Å². The molecule has 0 N–H and O–H groups in total. The molecule has 2 aromatic carbocycles. The molecule has 0 aliphatic heterocycles. The average Bonchev–Trinajstić information content (AvgIpc) is 2.53. The van der Waals surface area contributed by atoms with Crippen LogP contribution < -0.4 is 0 Å². The number of hydrogen-bond acceptors (Lipinski definition) is 2. The zero-order valence-corrected chi connectivity index (χ0v) is 13.0. The first kappa shape index (κ1) is 15.5. The first-order valence-corrected chi connectivity index (χ1v) is 8.27. The maximum Gasteiger partial charge on any atom is 0.236 e. The fourth-order valence-corrected chi connectivity index (χ4v) is 3.07. The molecule has 0 amide bonds. The minimum absolute atomic E-state index is 0.211. The number of benzene rings is 2. The van der Waals surface area contributed by atoms with Crippen LogP contribution in [0.2, 0.25) is 0 Å². The molecule has 2 aromatic rings. The normalized spacial score (nSPS) is 13.7. The van der Waals surface area contributed by atoms with Gasteiger partial charge in [-0.2, -0.15) is 4.31 Å². The van der Waals surface area contributed by atoms with Crippen molar-refractivity contribution in [3.05, 3.63) is 77.2 Å². The summed E-state index contributed by atoms with van der Waals surface area (Å²) in [5, 5.41) is 1.25. The van der Waals surface area contributed by atoms with Gasteiger partial charge in [-0.05, 0) is 24.1 Å². The minimum atomic E-state index is -3.45. The Morgan fingerprint density at radius 1 is 0.952 bits per heavy atom. The highest BCUT2D eigenvalue weighted by molar-refractivity contribution is 7.92. The Morgan fingerprint density at radius 3 is 2.05 bits per heavy atom. The Kier molecular flexibility index (Phi) is 4.94. The van der Waals surface area contributed by atoms with Crippen LogP contribution in [-0.2, 0) is 10.0 Å². The highest BCUT2D eigenvalue weighted by atomic mass is 32.2. The number of hydrogen-bond donors (Lipinski definition) is 0. The lowest BCUT2D eigenvalue weighted by atomic mass is 10.1. The van der Waals surface area contributed by atoms with Gasteiger partial charge in [0.15, 0.2) is 0 Å². The van der Waals surface area contributed by atoms with Crippen molar-refractivity contribution >= 4 is 16.1 Å². The van der Waals surface area contributed by atoms with Gasteiger partial charge in [0, 0.05) is 18.5 Å². The SMILES string of the molecule is CC(c1ccccc1)N(C)S(=O)(=O)C=Cc1ccccc1. The summed E-state index contributed by atoms with van der Waals surface area (Å²) in [6, 6.07) is 18.8. The van der Waals surface area contributed by atoms with E-state index in [0.29, 0.717) is 0 Å². The highest BCUT2D eigenvalue weighted by Crippen LogP contribution is 2.22. The fraction of sp³-hybridized carbons (Fsp3) is 0.176. The maximum atomic E-state index is 12.4. The molecular formula is C17H19NO2S. The molecule has 3 nitrogen and oxygen atoms in total. The van der Waals surface area contributed by atoms with Gasteiger partial charge in [-0.15, -0.1) is 0 Å². The van der Waals surface area contributed by atoms with Crippen LogP contribution >= 0.6 is 0 Å². The summed E-state index contributed by atoms with van der Waals surface area (Å²) >= 11 is 0. The van der Waals surface area contributed by atoms with Crippen LogP contribution in [0.15, 0.2) is 66.1 Å². The summed E-state index contributed by atoms with van der Waals surface area (Å²) < 4.78 is 26.1. The van der Waals surface area contributed by atoms with Gasteiger partial charge in [-0.1, -0.05) is 60.7 Å². The monoisotopic (exact) mass is 301 g/mol. The summed E-state index contributed by atoms with van der Waals surface area (Å²) in [6.45, 7) is 1.88. The van der Waals surface area contributed by atoms with Gasteiger partial charge in [-0.3, -0.25) is 0 Å². The average molecular weight is 301 g/mol. The predicted molar refractivity (Wildman–Crippen MR) is 87.0 cm³/mol. The molecule has 110 valence electrons. The molecule has 4 heteroatoms. The Morgan fingerprint density at radius 2 is 1.48 bits per heavy atom. The van der Waals surface area contributed by atoms with E-state index in [1.165, 1.54) is 9.71 Å². The van der Waals surface area contributed by atoms with E-state index >= 15 is 0 Å². The lowest BCUT2D eigenvalue weighted by molar-refractivity contribution is 0.404. The van der Waals surface area contributed by atoms with E-state index in [1.54, 1.807) is 13.1 Å². The summed E-state index contributed by atoms with van der Waals surface area (Å²) in [5.41, 5.74) is 1.83. The summed E-state index contributed by atoms with van der Waals surface area (Å²) in [7, 11) is -1.85. The van der Waals surface area contributed by atoms with Crippen molar-refractivity contribution in [2.45, 2.75) is 13.0 Å². The van der Waals surface area contributed by atoms with Crippen molar-refractivity contribution < 1.29 is 8.42 Å². The standard InChI is InChI=1S/C17H19NO2S/c1-15(17-11-7-4-8-12-17)18(2)21(19,20)14-13-16-9-5-3-6-10-16/h3-15H,1-2H3. The Hall–Kier alpha value is -1.91. The summed E-state index contributed by atoms with van der Waals surface area (Å²) in [4.78, 5) is 0. The molecule has 0 spiro atoms. The third-order valence-electron chi connectivity index (χ3n) is 3.46. The first-order chi connectivity index (χ1) is 10.0. The maximum absolute atomic E-state index is 12.4. The zero-order chi connectivity index (χ0) is 15.3. The molecule has 0 aliphatic rings. The smallest absolute Gasteiger partial charge is 0.207 e. The van der Waals surface area contributed by atoms with Gasteiger partial charge in [0.1, 0.15) is 0 Å². The quantitative estimate of drug-likeness (QED) is 0.845. The zero-order valence-electron chi connectivity index (χ0n) is 12.2. The molecule has 0 heterocycles. The van der Waals surface area contributed by atoms with Gasteiger partial charge >= 0.3 is 0 Å². The molecule has 1 atom stereocenters. The third kappa shape index (κ3) is 4.03. The Labute approximate surface area is 126 Å². The van der Waals surface area contributed by atoms with Crippen LogP contribution in [0.1, 0.15) is 24.1 Å². The van der Waals surface area contributed by atoms with E-state index in [2.05, 4.69) is 0 Å². The molecule has 0 saturated heterocycles. The second kappa shape index (κ2) is 6.70. The van der Waals surface area contributed by atoms with Gasteiger partial charge < -0.3 is 0 Å². The van der Waals surface area contributed by atoms with E-state index in [-0.39, 0.29) is 6.04 Å². The lowest BCUT2D eigenvalue weighted by Gasteiger charge is -2.23.